The molecule has 3 rings (SSSR count). The summed E-state index contributed by atoms with van der Waals surface area (Å²) in [7, 11) is 0. The van der Waals surface area contributed by atoms with Crippen LogP contribution in [0.5, 0.6) is 0 Å². The first kappa shape index (κ1) is 11.8. The van der Waals surface area contributed by atoms with Crippen LogP contribution in [0.4, 0.5) is 5.69 Å². The number of benzene rings is 1. The van der Waals surface area contributed by atoms with Crippen molar-refractivity contribution in [2.24, 2.45) is 4.99 Å². The number of anilines is 1. The van der Waals surface area contributed by atoms with Gasteiger partial charge in [0.2, 0.25) is 0 Å². The van der Waals surface area contributed by atoms with Gasteiger partial charge in [0, 0.05) is 6.54 Å². The molecule has 1 aliphatic rings. The summed E-state index contributed by atoms with van der Waals surface area (Å²) in [6, 6.07) is 5.95. The van der Waals surface area contributed by atoms with E-state index in [1.807, 2.05) is 24.4 Å². The summed E-state index contributed by atoms with van der Waals surface area (Å²) < 4.78 is 0. The van der Waals surface area contributed by atoms with E-state index in [4.69, 9.17) is 0 Å². The number of guanidine groups is 1. The van der Waals surface area contributed by atoms with Gasteiger partial charge in [0.15, 0.2) is 12.2 Å². The number of aliphatic imine (C=N–C) groups is 1. The number of rotatable bonds is 1. The highest BCUT2D eigenvalue weighted by Crippen LogP contribution is 2.16. The Balaban J connectivity index is 0.00000108. The van der Waals surface area contributed by atoms with Crippen molar-refractivity contribution in [1.82, 2.24) is 10.3 Å². The van der Waals surface area contributed by atoms with Crippen LogP contribution in [0, 0.1) is 0 Å². The van der Waals surface area contributed by atoms with Crippen molar-refractivity contribution in [2.75, 3.05) is 18.4 Å². The average molecular weight is 294 g/mol. The Morgan fingerprint density at radius 2 is 2.29 bits per heavy atom. The second kappa shape index (κ2) is 5.09. The predicted molar refractivity (Wildman–Crippen MR) is 62.2 cm³/mol. The van der Waals surface area contributed by atoms with Gasteiger partial charge in [-0.05, 0) is 12.1 Å². The largest absolute Gasteiger partial charge is 1.00 e. The van der Waals surface area contributed by atoms with Crippen molar-refractivity contribution >= 4 is 22.7 Å². The molecule has 1 aromatic heterocycles. The zero-order valence-electron chi connectivity index (χ0n) is 9.07. The van der Waals surface area contributed by atoms with E-state index in [0.717, 1.165) is 35.8 Å². The smallest absolute Gasteiger partial charge is 0.253 e. The second-order valence-corrected chi connectivity index (χ2v) is 3.57. The second-order valence-electron chi connectivity index (χ2n) is 3.57. The number of aromatic amines is 1. The van der Waals surface area contributed by atoms with E-state index in [-0.39, 0.29) is 17.0 Å². The minimum absolute atomic E-state index is 0. The molecule has 0 spiro atoms. The number of nitrogens with one attached hydrogen (secondary N) is 3. The number of para-hydroxylation sites is 1. The highest BCUT2D eigenvalue weighted by molar-refractivity contribution is 6.00. The molecule has 0 aliphatic carbocycles. The average Bonchev–Trinajstić information content (AvgIpc) is 2.82. The number of H-pyrrole nitrogens is 1. The van der Waals surface area contributed by atoms with Crippen LogP contribution in [0.2, 0.25) is 0 Å². The SMILES string of the molecule is [Br-].c1cc(NC2=NCCN2)c2[nH+]ccnc2c1. The number of aromatic nitrogens is 2. The molecule has 3 N–H and O–H groups in total. The van der Waals surface area contributed by atoms with Gasteiger partial charge in [-0.15, -0.1) is 0 Å². The maximum atomic E-state index is 4.30. The summed E-state index contributed by atoms with van der Waals surface area (Å²) in [5, 5.41) is 6.43. The van der Waals surface area contributed by atoms with Gasteiger partial charge in [-0.3, -0.25) is 4.99 Å². The fraction of sp³-hybridized carbons (Fsp3) is 0.182. The molecule has 2 aromatic rings. The van der Waals surface area contributed by atoms with Crippen LogP contribution in [-0.4, -0.2) is 24.0 Å². The summed E-state index contributed by atoms with van der Waals surface area (Å²) >= 11 is 0. The molecule has 5 nitrogen and oxygen atoms in total. The molecule has 1 aliphatic heterocycles. The number of nitrogens with zero attached hydrogens (tertiary/aromatic N) is 2. The van der Waals surface area contributed by atoms with Crippen molar-refractivity contribution in [1.29, 1.82) is 0 Å². The Morgan fingerprint density at radius 1 is 1.35 bits per heavy atom. The molecule has 0 amide bonds. The molecule has 0 radical (unpaired) electrons. The van der Waals surface area contributed by atoms with Crippen molar-refractivity contribution in [3.63, 3.8) is 0 Å². The minimum atomic E-state index is 0. The van der Waals surface area contributed by atoms with E-state index in [0.29, 0.717) is 0 Å². The van der Waals surface area contributed by atoms with Crippen molar-refractivity contribution in [2.45, 2.75) is 0 Å². The van der Waals surface area contributed by atoms with Crippen LogP contribution in [0.15, 0.2) is 35.6 Å². The van der Waals surface area contributed by atoms with Crippen LogP contribution in [0.1, 0.15) is 0 Å². The molecule has 6 heteroatoms. The normalized spacial score (nSPS) is 13.8. The lowest BCUT2D eigenvalue weighted by Gasteiger charge is -2.05. The molecular weight excluding hydrogens is 282 g/mol. The zero-order valence-corrected chi connectivity index (χ0v) is 10.7. The molecule has 17 heavy (non-hydrogen) atoms. The van der Waals surface area contributed by atoms with Gasteiger partial charge in [-0.2, -0.15) is 0 Å². The molecule has 88 valence electrons. The molecule has 1 aromatic carbocycles. The van der Waals surface area contributed by atoms with Gasteiger partial charge in [-0.1, -0.05) is 6.07 Å². The van der Waals surface area contributed by atoms with E-state index in [1.165, 1.54) is 0 Å². The lowest BCUT2D eigenvalue weighted by molar-refractivity contribution is -0.344. The molecule has 0 atom stereocenters. The molecule has 0 fully saturated rings. The standard InChI is InChI=1S/C11H11N5.BrH/c1-2-8-10(13-5-4-12-8)9(3-1)16-11-14-6-7-15-11;/h1-5H,6-7H2,(H2,14,15,16);1H. The van der Waals surface area contributed by atoms with Crippen LogP contribution in [-0.2, 0) is 0 Å². The summed E-state index contributed by atoms with van der Waals surface area (Å²) in [6.45, 7) is 1.73. The number of hydrogen-bond acceptors (Lipinski definition) is 4. The van der Waals surface area contributed by atoms with Crippen LogP contribution in [0.25, 0.3) is 11.0 Å². The van der Waals surface area contributed by atoms with Gasteiger partial charge >= 0.3 is 0 Å². The maximum absolute atomic E-state index is 4.30. The monoisotopic (exact) mass is 293 g/mol. The third-order valence-corrected chi connectivity index (χ3v) is 2.49. The Kier molecular flexibility index (Phi) is 3.53. The Hall–Kier alpha value is -1.69. The van der Waals surface area contributed by atoms with E-state index in [9.17, 15) is 0 Å². The summed E-state index contributed by atoms with van der Waals surface area (Å²) in [5.74, 6) is 0.824. The van der Waals surface area contributed by atoms with E-state index in [1.54, 1.807) is 6.20 Å². The fourth-order valence-electron chi connectivity index (χ4n) is 1.75. The molecule has 0 bridgehead atoms. The van der Waals surface area contributed by atoms with Crippen molar-refractivity contribution < 1.29 is 22.0 Å². The Morgan fingerprint density at radius 3 is 3.12 bits per heavy atom. The summed E-state index contributed by atoms with van der Waals surface area (Å²) in [6.07, 6.45) is 3.56. The predicted octanol–water partition coefficient (Wildman–Crippen LogP) is -2.58. The molecule has 0 saturated heterocycles. The topological polar surface area (TPSA) is 63.5 Å². The fourth-order valence-corrected chi connectivity index (χ4v) is 1.75. The van der Waals surface area contributed by atoms with Crippen molar-refractivity contribution in [3.05, 3.63) is 30.6 Å². The molecule has 0 saturated carbocycles. The van der Waals surface area contributed by atoms with Crippen molar-refractivity contribution in [3.8, 4) is 0 Å². The number of fused-ring (bicyclic) bond motifs is 1. The highest BCUT2D eigenvalue weighted by atomic mass is 79.9. The maximum Gasteiger partial charge on any atom is 0.253 e. The van der Waals surface area contributed by atoms with Crippen LogP contribution in [0.3, 0.4) is 0 Å². The molecular formula is C11H12BrN5. The number of hydrogen-bond donors (Lipinski definition) is 2. The van der Waals surface area contributed by atoms with E-state index < -0.39 is 0 Å². The Bertz CT molecular complexity index is 549. The molecule has 2 heterocycles. The van der Waals surface area contributed by atoms with E-state index >= 15 is 0 Å². The van der Waals surface area contributed by atoms with Crippen LogP contribution < -0.4 is 32.6 Å². The van der Waals surface area contributed by atoms with Gasteiger partial charge in [0.25, 0.3) is 5.52 Å². The van der Waals surface area contributed by atoms with Crippen LogP contribution >= 0.6 is 0 Å². The minimum Gasteiger partial charge on any atom is -1.00 e. The van der Waals surface area contributed by atoms with E-state index in [2.05, 4.69) is 25.6 Å². The van der Waals surface area contributed by atoms with Gasteiger partial charge < -0.3 is 27.6 Å². The first-order valence-electron chi connectivity index (χ1n) is 5.24. The Labute approximate surface area is 109 Å². The number of halogens is 1. The zero-order chi connectivity index (χ0) is 10.8. The first-order valence-corrected chi connectivity index (χ1v) is 5.24. The first-order chi connectivity index (χ1) is 7.93. The lowest BCUT2D eigenvalue weighted by atomic mass is 10.2. The van der Waals surface area contributed by atoms with Gasteiger partial charge in [-0.25, -0.2) is 9.97 Å². The highest BCUT2D eigenvalue weighted by Gasteiger charge is 2.11. The third-order valence-electron chi connectivity index (χ3n) is 2.49. The summed E-state index contributed by atoms with van der Waals surface area (Å²) in [5.41, 5.74) is 2.91. The molecule has 0 unspecified atom stereocenters. The quantitative estimate of drug-likeness (QED) is 0.607. The van der Waals surface area contributed by atoms with Gasteiger partial charge in [0.05, 0.1) is 12.7 Å². The lowest BCUT2D eigenvalue weighted by Crippen LogP contribution is -3.00. The van der Waals surface area contributed by atoms with Gasteiger partial charge in [0.1, 0.15) is 11.2 Å². The third kappa shape index (κ3) is 2.36. The summed E-state index contributed by atoms with van der Waals surface area (Å²) in [4.78, 5) is 11.8.